The Morgan fingerprint density at radius 1 is 1.27 bits per heavy atom. The molecule has 0 saturated heterocycles. The van der Waals surface area contributed by atoms with Crippen molar-refractivity contribution in [3.05, 3.63) is 11.6 Å². The van der Waals surface area contributed by atoms with Crippen LogP contribution in [-0.4, -0.2) is 46.1 Å². The molecule has 30 heavy (non-hydrogen) atoms. The molecule has 8 atom stereocenters. The van der Waals surface area contributed by atoms with Crippen LogP contribution in [0.4, 0.5) is 0 Å². The second-order valence-corrected chi connectivity index (χ2v) is 10.7. The lowest BCUT2D eigenvalue weighted by Gasteiger charge is -2.61. The third-order valence-corrected chi connectivity index (χ3v) is 9.23. The maximum absolute atomic E-state index is 12.9. The summed E-state index contributed by atoms with van der Waals surface area (Å²) in [5.41, 5.74) is -1.41. The van der Waals surface area contributed by atoms with Crippen LogP contribution in [0, 0.1) is 34.5 Å². The van der Waals surface area contributed by atoms with E-state index < -0.39 is 35.5 Å². The Balaban J connectivity index is 1.69. The first-order valence-electron chi connectivity index (χ1n) is 11.3. The molecule has 0 radical (unpaired) electrons. The van der Waals surface area contributed by atoms with Gasteiger partial charge in [0, 0.05) is 18.8 Å². The Morgan fingerprint density at radius 2 is 1.97 bits per heavy atom. The van der Waals surface area contributed by atoms with E-state index in [1.807, 2.05) is 13.0 Å². The molecule has 0 aliphatic heterocycles. The predicted octanol–water partition coefficient (Wildman–Crippen LogP) is 2.60. The van der Waals surface area contributed by atoms with Crippen LogP contribution in [0.2, 0.25) is 0 Å². The highest BCUT2D eigenvalue weighted by Gasteiger charge is 2.68. The molecule has 3 fully saturated rings. The summed E-state index contributed by atoms with van der Waals surface area (Å²) in [6, 6.07) is 0. The van der Waals surface area contributed by atoms with Crippen LogP contribution >= 0.6 is 0 Å². The molecule has 0 spiro atoms. The topological polar surface area (TPSA) is 101 Å². The molecular formula is C24H34O6. The summed E-state index contributed by atoms with van der Waals surface area (Å²) in [6.45, 7) is 7.09. The molecule has 6 heteroatoms. The van der Waals surface area contributed by atoms with Gasteiger partial charge >= 0.3 is 5.97 Å². The Morgan fingerprint density at radius 3 is 2.63 bits per heavy atom. The lowest BCUT2D eigenvalue weighted by atomic mass is 9.44. The van der Waals surface area contributed by atoms with E-state index in [0.29, 0.717) is 25.7 Å². The summed E-state index contributed by atoms with van der Waals surface area (Å²) < 4.78 is 4.90. The van der Waals surface area contributed by atoms with Gasteiger partial charge in [-0.25, -0.2) is 0 Å². The molecule has 166 valence electrons. The van der Waals surface area contributed by atoms with E-state index in [2.05, 4.69) is 13.8 Å². The van der Waals surface area contributed by atoms with Gasteiger partial charge in [-0.3, -0.25) is 14.4 Å². The van der Waals surface area contributed by atoms with Crippen LogP contribution in [-0.2, 0) is 19.1 Å². The van der Waals surface area contributed by atoms with E-state index in [1.54, 1.807) is 0 Å². The summed E-state index contributed by atoms with van der Waals surface area (Å²) in [6.07, 6.45) is 4.66. The molecule has 3 saturated carbocycles. The van der Waals surface area contributed by atoms with E-state index >= 15 is 0 Å². The SMILES string of the molecule is CC(=O)OCC(=O)[C@@]1(O)CC[C@@H]2[C@@H]3C[C@H](C)C4=CC(=O)CC[C@]4(C)[C@@H]3[C@H](O)C[C@]21C. The summed E-state index contributed by atoms with van der Waals surface area (Å²) in [4.78, 5) is 36.2. The fraction of sp³-hybridized carbons (Fsp3) is 0.792. The zero-order valence-electron chi connectivity index (χ0n) is 18.4. The molecule has 0 aromatic rings. The third kappa shape index (κ3) is 2.86. The number of ether oxygens (including phenoxy) is 1. The van der Waals surface area contributed by atoms with Crippen molar-refractivity contribution in [2.45, 2.75) is 77.9 Å². The van der Waals surface area contributed by atoms with Gasteiger partial charge in [0.2, 0.25) is 5.78 Å². The van der Waals surface area contributed by atoms with Crippen LogP contribution in [0.5, 0.6) is 0 Å². The summed E-state index contributed by atoms with van der Waals surface area (Å²) in [5.74, 6) is -0.287. The van der Waals surface area contributed by atoms with E-state index in [9.17, 15) is 24.6 Å². The minimum atomic E-state index is -1.60. The molecule has 4 aliphatic carbocycles. The smallest absolute Gasteiger partial charge is 0.303 e. The van der Waals surface area contributed by atoms with Crippen molar-refractivity contribution >= 4 is 17.5 Å². The zero-order chi connectivity index (χ0) is 22.1. The lowest BCUT2D eigenvalue weighted by molar-refractivity contribution is -0.186. The molecule has 4 aliphatic rings. The molecule has 0 aromatic heterocycles. The predicted molar refractivity (Wildman–Crippen MR) is 109 cm³/mol. The standard InChI is InChI=1S/C24H34O6/c1-13-9-16-17-6-8-24(29,20(28)12-30-14(2)25)23(17,4)11-19(27)21(16)22(3)7-5-15(26)10-18(13)22/h10,13,16-17,19,21,27,29H,5-9,11-12H2,1-4H3/t13-,16-,17+,19+,21-,22-,23+,24-/m0/s1. The highest BCUT2D eigenvalue weighted by atomic mass is 16.5. The molecule has 0 amide bonds. The zero-order valence-corrected chi connectivity index (χ0v) is 18.4. The monoisotopic (exact) mass is 418 g/mol. The molecule has 0 aromatic carbocycles. The van der Waals surface area contributed by atoms with E-state index in [-0.39, 0.29) is 34.9 Å². The van der Waals surface area contributed by atoms with Gasteiger partial charge in [-0.1, -0.05) is 26.3 Å². The summed E-state index contributed by atoms with van der Waals surface area (Å²) in [7, 11) is 0. The van der Waals surface area contributed by atoms with Crippen LogP contribution in [0.1, 0.15) is 66.2 Å². The maximum Gasteiger partial charge on any atom is 0.303 e. The number of aliphatic hydroxyl groups is 2. The Bertz CT molecular complexity index is 817. The van der Waals surface area contributed by atoms with Crippen molar-refractivity contribution in [3.8, 4) is 0 Å². The number of fused-ring (bicyclic) bond motifs is 5. The first-order valence-corrected chi connectivity index (χ1v) is 11.3. The summed E-state index contributed by atoms with van der Waals surface area (Å²) >= 11 is 0. The van der Waals surface area contributed by atoms with E-state index in [0.717, 1.165) is 12.8 Å². The lowest BCUT2D eigenvalue weighted by Crippen LogP contribution is -2.62. The van der Waals surface area contributed by atoms with Gasteiger partial charge in [0.1, 0.15) is 5.60 Å². The van der Waals surface area contributed by atoms with Crippen molar-refractivity contribution in [1.29, 1.82) is 0 Å². The normalized spacial score (nSPS) is 47.6. The maximum atomic E-state index is 12.9. The minimum absolute atomic E-state index is 0.0250. The molecule has 2 N–H and O–H groups in total. The number of hydrogen-bond acceptors (Lipinski definition) is 6. The summed E-state index contributed by atoms with van der Waals surface area (Å²) in [5, 5.41) is 22.9. The van der Waals surface area contributed by atoms with Gasteiger partial charge in [-0.2, -0.15) is 0 Å². The van der Waals surface area contributed by atoms with Crippen LogP contribution in [0.25, 0.3) is 0 Å². The number of ketones is 2. The van der Waals surface area contributed by atoms with Crippen molar-refractivity contribution in [3.63, 3.8) is 0 Å². The Labute approximate surface area is 178 Å². The number of carbonyl (C=O) groups is 3. The van der Waals surface area contributed by atoms with Gasteiger partial charge in [-0.05, 0) is 67.3 Å². The van der Waals surface area contributed by atoms with Gasteiger partial charge in [-0.15, -0.1) is 0 Å². The minimum Gasteiger partial charge on any atom is -0.458 e. The van der Waals surface area contributed by atoms with Crippen molar-refractivity contribution in [1.82, 2.24) is 0 Å². The fourth-order valence-electron chi connectivity index (χ4n) is 7.87. The van der Waals surface area contributed by atoms with Crippen LogP contribution < -0.4 is 0 Å². The van der Waals surface area contributed by atoms with Gasteiger partial charge < -0.3 is 14.9 Å². The van der Waals surface area contributed by atoms with Crippen LogP contribution in [0.15, 0.2) is 11.6 Å². The largest absolute Gasteiger partial charge is 0.458 e. The van der Waals surface area contributed by atoms with E-state index in [4.69, 9.17) is 4.74 Å². The highest BCUT2D eigenvalue weighted by Crippen LogP contribution is 2.68. The van der Waals surface area contributed by atoms with E-state index in [1.165, 1.54) is 12.5 Å². The number of carbonyl (C=O) groups excluding carboxylic acids is 3. The quantitative estimate of drug-likeness (QED) is 0.683. The second kappa shape index (κ2) is 6.99. The van der Waals surface area contributed by atoms with Gasteiger partial charge in [0.25, 0.3) is 0 Å². The highest BCUT2D eigenvalue weighted by molar-refractivity contribution is 5.92. The average Bonchev–Trinajstić information content (AvgIpc) is 2.93. The van der Waals surface area contributed by atoms with Crippen molar-refractivity contribution in [2.75, 3.05) is 6.61 Å². The molecule has 0 heterocycles. The third-order valence-electron chi connectivity index (χ3n) is 9.23. The van der Waals surface area contributed by atoms with Crippen molar-refractivity contribution in [2.24, 2.45) is 34.5 Å². The Kier molecular flexibility index (Phi) is 5.06. The number of hydrogen-bond donors (Lipinski definition) is 2. The van der Waals surface area contributed by atoms with Gasteiger partial charge in [0.05, 0.1) is 6.10 Å². The fourth-order valence-corrected chi connectivity index (χ4v) is 7.87. The number of allylic oxidation sites excluding steroid dienone is 1. The Hall–Kier alpha value is -1.53. The van der Waals surface area contributed by atoms with Crippen molar-refractivity contribution < 1.29 is 29.3 Å². The van der Waals surface area contributed by atoms with Gasteiger partial charge in [0.15, 0.2) is 12.4 Å². The molecule has 0 unspecified atom stereocenters. The first-order chi connectivity index (χ1) is 13.9. The number of rotatable bonds is 3. The molecule has 4 rings (SSSR count). The molecular weight excluding hydrogens is 384 g/mol. The average molecular weight is 419 g/mol. The molecule has 6 nitrogen and oxygen atoms in total. The first kappa shape index (κ1) is 21.7. The number of aliphatic hydroxyl groups excluding tert-OH is 1. The molecule has 0 bridgehead atoms. The second-order valence-electron chi connectivity index (χ2n) is 10.7. The van der Waals surface area contributed by atoms with Crippen LogP contribution in [0.3, 0.4) is 0 Å². The number of Topliss-reactive ketones (excluding diaryl/α,β-unsaturated/α-hetero) is 1. The number of esters is 1.